The number of anilines is 1. The lowest BCUT2D eigenvalue weighted by Gasteiger charge is -2.24. The van der Waals surface area contributed by atoms with E-state index in [9.17, 15) is 14.4 Å². The second-order valence-electron chi connectivity index (χ2n) is 11.5. The number of hydrogen-bond donors (Lipinski definition) is 3. The Bertz CT molecular complexity index is 823. The molecule has 1 rings (SSSR count). The Morgan fingerprint density at radius 1 is 0.943 bits per heavy atom. The van der Waals surface area contributed by atoms with Crippen molar-refractivity contribution in [3.8, 4) is 0 Å². The average molecular weight is 492 g/mol. The fourth-order valence-corrected chi connectivity index (χ4v) is 3.09. The topological polar surface area (TPSA) is 106 Å². The van der Waals surface area contributed by atoms with Crippen LogP contribution in [0.4, 0.5) is 5.69 Å². The van der Waals surface area contributed by atoms with Crippen LogP contribution in [0, 0.1) is 17.3 Å². The highest BCUT2D eigenvalue weighted by atomic mass is 16.6. The zero-order valence-electron chi connectivity index (χ0n) is 22.9. The summed E-state index contributed by atoms with van der Waals surface area (Å²) < 4.78 is 5.31. The van der Waals surface area contributed by atoms with E-state index in [4.69, 9.17) is 9.57 Å². The molecule has 0 aliphatic heterocycles. The van der Waals surface area contributed by atoms with Crippen molar-refractivity contribution in [2.45, 2.75) is 86.9 Å². The molecule has 35 heavy (non-hydrogen) atoms. The first kappa shape index (κ1) is 30.7. The molecule has 0 saturated heterocycles. The van der Waals surface area contributed by atoms with Gasteiger partial charge in [-0.2, -0.15) is 5.48 Å². The third kappa shape index (κ3) is 12.3. The lowest BCUT2D eigenvalue weighted by Crippen LogP contribution is -2.45. The van der Waals surface area contributed by atoms with Crippen LogP contribution in [0.25, 0.3) is 0 Å². The number of benzene rings is 1. The maximum atomic E-state index is 12.9. The summed E-state index contributed by atoms with van der Waals surface area (Å²) in [6.07, 6.45) is 0.142. The first-order valence-corrected chi connectivity index (χ1v) is 12.3. The summed E-state index contributed by atoms with van der Waals surface area (Å²) in [6, 6.07) is 6.78. The van der Waals surface area contributed by atoms with Crippen molar-refractivity contribution in [2.24, 2.45) is 17.3 Å². The van der Waals surface area contributed by atoms with Crippen LogP contribution < -0.4 is 16.1 Å². The molecule has 0 unspecified atom stereocenters. The van der Waals surface area contributed by atoms with E-state index in [0.717, 1.165) is 5.56 Å². The number of hydroxylamine groups is 1. The molecule has 0 saturated carbocycles. The molecule has 1 aromatic carbocycles. The minimum Gasteiger partial charge on any atom is -0.460 e. The molecule has 8 nitrogen and oxygen atoms in total. The van der Waals surface area contributed by atoms with Crippen molar-refractivity contribution in [3.63, 3.8) is 0 Å². The second kappa shape index (κ2) is 13.7. The smallest absolute Gasteiger partial charge is 0.311 e. The molecule has 198 valence electrons. The van der Waals surface area contributed by atoms with E-state index in [0.29, 0.717) is 18.8 Å². The molecule has 0 radical (unpaired) electrons. The third-order valence-electron chi connectivity index (χ3n) is 5.12. The first-order valence-electron chi connectivity index (χ1n) is 12.3. The highest BCUT2D eigenvalue weighted by molar-refractivity contribution is 5.96. The number of rotatable bonds is 13. The van der Waals surface area contributed by atoms with Crippen LogP contribution in [-0.2, 0) is 30.6 Å². The fraction of sp³-hybridized carbons (Fsp3) is 0.667. The van der Waals surface area contributed by atoms with E-state index in [-0.39, 0.29) is 48.2 Å². The lowest BCUT2D eigenvalue weighted by atomic mass is 9.93. The van der Waals surface area contributed by atoms with Gasteiger partial charge in [-0.05, 0) is 65.2 Å². The summed E-state index contributed by atoms with van der Waals surface area (Å²) in [6.45, 7) is 18.3. The Labute approximate surface area is 210 Å². The first-order chi connectivity index (χ1) is 16.1. The monoisotopic (exact) mass is 491 g/mol. The SMILES string of the molecule is CC(C)[C@@H](NCCONC(C)(C)C)C(=O)C[C@H](C)C(=O)Nc1ccc(COC(=O)C(C)(C)C)cc1. The normalized spacial score (nSPS) is 13.9. The summed E-state index contributed by atoms with van der Waals surface area (Å²) in [4.78, 5) is 42.9. The van der Waals surface area contributed by atoms with Gasteiger partial charge in [0, 0.05) is 30.1 Å². The third-order valence-corrected chi connectivity index (χ3v) is 5.12. The minimum atomic E-state index is -0.553. The molecule has 0 aliphatic carbocycles. The van der Waals surface area contributed by atoms with Gasteiger partial charge in [-0.3, -0.25) is 19.2 Å². The molecule has 1 amide bonds. The van der Waals surface area contributed by atoms with Gasteiger partial charge in [0.1, 0.15) is 6.61 Å². The molecule has 1 aromatic rings. The van der Waals surface area contributed by atoms with Crippen molar-refractivity contribution in [1.29, 1.82) is 0 Å². The Morgan fingerprint density at radius 2 is 1.54 bits per heavy atom. The van der Waals surface area contributed by atoms with E-state index in [1.807, 2.05) is 34.6 Å². The molecule has 0 aliphatic rings. The fourth-order valence-electron chi connectivity index (χ4n) is 3.09. The van der Waals surface area contributed by atoms with Crippen molar-refractivity contribution in [1.82, 2.24) is 10.8 Å². The zero-order valence-corrected chi connectivity index (χ0v) is 22.9. The van der Waals surface area contributed by atoms with Crippen LogP contribution in [0.1, 0.15) is 74.3 Å². The van der Waals surface area contributed by atoms with Crippen molar-refractivity contribution in [2.75, 3.05) is 18.5 Å². The predicted octanol–water partition coefficient (Wildman–Crippen LogP) is 4.24. The lowest BCUT2D eigenvalue weighted by molar-refractivity contribution is -0.154. The molecule has 3 N–H and O–H groups in total. The van der Waals surface area contributed by atoms with Crippen molar-refractivity contribution in [3.05, 3.63) is 29.8 Å². The number of nitrogens with one attached hydrogen (secondary N) is 3. The molecule has 0 heterocycles. The van der Waals surface area contributed by atoms with Crippen molar-refractivity contribution >= 4 is 23.3 Å². The molecular weight excluding hydrogens is 446 g/mol. The molecule has 0 aromatic heterocycles. The quantitative estimate of drug-likeness (QED) is 0.215. The van der Waals surface area contributed by atoms with Gasteiger partial charge in [0.25, 0.3) is 0 Å². The average Bonchev–Trinajstić information content (AvgIpc) is 2.73. The van der Waals surface area contributed by atoms with Gasteiger partial charge < -0.3 is 15.4 Å². The summed E-state index contributed by atoms with van der Waals surface area (Å²) in [5, 5.41) is 6.11. The highest BCUT2D eigenvalue weighted by Crippen LogP contribution is 2.18. The van der Waals surface area contributed by atoms with Gasteiger partial charge in [0.15, 0.2) is 5.78 Å². The Hall–Kier alpha value is -2.29. The molecular formula is C27H45N3O5. The largest absolute Gasteiger partial charge is 0.460 e. The number of ether oxygens (including phenoxy) is 1. The van der Waals surface area contributed by atoms with Crippen LogP contribution >= 0.6 is 0 Å². The number of hydrogen-bond acceptors (Lipinski definition) is 7. The number of Topliss-reactive ketones (excluding diaryl/α,β-unsaturated/α-hetero) is 1. The number of carbonyl (C=O) groups excluding carboxylic acids is 3. The Morgan fingerprint density at radius 3 is 2.06 bits per heavy atom. The summed E-state index contributed by atoms with van der Waals surface area (Å²) >= 11 is 0. The van der Waals surface area contributed by atoms with Crippen LogP contribution in [0.2, 0.25) is 0 Å². The maximum Gasteiger partial charge on any atom is 0.311 e. The number of ketones is 1. The Balaban J connectivity index is 2.53. The molecule has 0 spiro atoms. The number of esters is 1. The van der Waals surface area contributed by atoms with Gasteiger partial charge in [0.2, 0.25) is 5.91 Å². The van der Waals surface area contributed by atoms with Crippen LogP contribution in [0.15, 0.2) is 24.3 Å². The van der Waals surface area contributed by atoms with E-state index >= 15 is 0 Å². The Kier molecular flexibility index (Phi) is 12.0. The summed E-state index contributed by atoms with van der Waals surface area (Å²) in [5.74, 6) is -0.866. The highest BCUT2D eigenvalue weighted by Gasteiger charge is 2.26. The molecule has 0 fully saturated rings. The minimum absolute atomic E-state index is 0.00226. The van der Waals surface area contributed by atoms with E-state index in [1.54, 1.807) is 52.0 Å². The van der Waals surface area contributed by atoms with Crippen molar-refractivity contribution < 1.29 is 24.0 Å². The van der Waals surface area contributed by atoms with Gasteiger partial charge in [-0.15, -0.1) is 0 Å². The van der Waals surface area contributed by atoms with Gasteiger partial charge >= 0.3 is 5.97 Å². The van der Waals surface area contributed by atoms with Gasteiger partial charge in [-0.1, -0.05) is 32.9 Å². The van der Waals surface area contributed by atoms with Gasteiger partial charge in [-0.25, -0.2) is 0 Å². The van der Waals surface area contributed by atoms with Crippen LogP contribution in [-0.4, -0.2) is 42.4 Å². The second-order valence-corrected chi connectivity index (χ2v) is 11.5. The maximum absolute atomic E-state index is 12.9. The summed E-state index contributed by atoms with van der Waals surface area (Å²) in [5.41, 5.74) is 3.71. The number of amides is 1. The van der Waals surface area contributed by atoms with E-state index < -0.39 is 11.3 Å². The molecule has 0 bridgehead atoms. The standard InChI is InChI=1S/C27H45N3O5/c1-18(2)23(28-14-15-35-30-27(7,8)9)22(31)16-19(3)24(32)29-21-12-10-20(11-13-21)17-34-25(33)26(4,5)6/h10-13,18-19,23,28,30H,14-17H2,1-9H3,(H,29,32)/t19-,23+/m0/s1. The summed E-state index contributed by atoms with van der Waals surface area (Å²) in [7, 11) is 0. The molecule has 2 atom stereocenters. The molecule has 8 heteroatoms. The van der Waals surface area contributed by atoms with E-state index in [1.165, 1.54) is 0 Å². The van der Waals surface area contributed by atoms with E-state index in [2.05, 4.69) is 16.1 Å². The predicted molar refractivity (Wildman–Crippen MR) is 139 cm³/mol. The van der Waals surface area contributed by atoms with Gasteiger partial charge in [0.05, 0.1) is 18.1 Å². The van der Waals surface area contributed by atoms with Crippen LogP contribution in [0.5, 0.6) is 0 Å². The van der Waals surface area contributed by atoms with Crippen LogP contribution in [0.3, 0.4) is 0 Å². The zero-order chi connectivity index (χ0) is 26.8. The number of carbonyl (C=O) groups is 3.